The summed E-state index contributed by atoms with van der Waals surface area (Å²) in [6.45, 7) is 0.552. The third-order valence-electron chi connectivity index (χ3n) is 3.29. The van der Waals surface area contributed by atoms with Crippen molar-refractivity contribution in [1.82, 2.24) is 4.90 Å². The molecule has 5 heteroatoms. The molecule has 1 heterocycles. The molecule has 5 nitrogen and oxygen atoms in total. The van der Waals surface area contributed by atoms with E-state index in [0.29, 0.717) is 6.42 Å². The van der Waals surface area contributed by atoms with Crippen LogP contribution in [-0.4, -0.2) is 47.2 Å². The summed E-state index contributed by atoms with van der Waals surface area (Å²) in [6.07, 6.45) is 5.27. The van der Waals surface area contributed by atoms with Crippen LogP contribution in [0.25, 0.3) is 0 Å². The van der Waals surface area contributed by atoms with Crippen LogP contribution in [0.1, 0.15) is 38.5 Å². The zero-order valence-electron chi connectivity index (χ0n) is 9.93. The van der Waals surface area contributed by atoms with Gasteiger partial charge in [-0.3, -0.25) is 9.59 Å². The van der Waals surface area contributed by atoms with Gasteiger partial charge in [0.05, 0.1) is 12.5 Å². The molecule has 1 amide bonds. The smallest absolute Gasteiger partial charge is 0.323 e. The lowest BCUT2D eigenvalue weighted by molar-refractivity contribution is -0.146. The Balaban J connectivity index is 1.84. The minimum Gasteiger partial charge on any atom is -0.480 e. The van der Waals surface area contributed by atoms with Crippen molar-refractivity contribution in [3.8, 4) is 0 Å². The lowest BCUT2D eigenvalue weighted by Gasteiger charge is -2.26. The van der Waals surface area contributed by atoms with Crippen LogP contribution in [0.3, 0.4) is 0 Å². The Labute approximate surface area is 101 Å². The van der Waals surface area contributed by atoms with Crippen molar-refractivity contribution in [2.24, 2.45) is 0 Å². The predicted octanol–water partition coefficient (Wildman–Crippen LogP) is 1.02. The average Bonchev–Trinajstić information content (AvgIpc) is 3.10. The molecule has 2 aliphatic rings. The summed E-state index contributed by atoms with van der Waals surface area (Å²) in [5.74, 6) is -1.00. The molecule has 0 aromatic carbocycles. The first-order valence-electron chi connectivity index (χ1n) is 6.29. The Morgan fingerprint density at radius 3 is 2.53 bits per heavy atom. The van der Waals surface area contributed by atoms with E-state index < -0.39 is 5.97 Å². The normalized spacial score (nSPS) is 24.4. The molecule has 1 aliphatic heterocycles. The number of amides is 1. The van der Waals surface area contributed by atoms with E-state index in [1.807, 2.05) is 0 Å². The van der Waals surface area contributed by atoms with Crippen LogP contribution in [0.4, 0.5) is 0 Å². The SMILES string of the molecule is O=C(O)CN(C(=O)CC1CCCCO1)C1CC1. The number of rotatable bonds is 5. The van der Waals surface area contributed by atoms with Crippen LogP contribution in [0.5, 0.6) is 0 Å². The molecular formula is C12H19NO4. The van der Waals surface area contributed by atoms with E-state index >= 15 is 0 Å². The highest BCUT2D eigenvalue weighted by Gasteiger charge is 2.34. The minimum atomic E-state index is -0.935. The lowest BCUT2D eigenvalue weighted by Crippen LogP contribution is -2.39. The Morgan fingerprint density at radius 1 is 1.24 bits per heavy atom. The predicted molar refractivity (Wildman–Crippen MR) is 60.6 cm³/mol. The van der Waals surface area contributed by atoms with Crippen molar-refractivity contribution >= 4 is 11.9 Å². The van der Waals surface area contributed by atoms with Crippen LogP contribution in [-0.2, 0) is 14.3 Å². The van der Waals surface area contributed by atoms with E-state index in [0.717, 1.165) is 38.7 Å². The summed E-state index contributed by atoms with van der Waals surface area (Å²) in [4.78, 5) is 24.2. The number of carbonyl (C=O) groups excluding carboxylic acids is 1. The monoisotopic (exact) mass is 241 g/mol. The Bertz CT molecular complexity index is 295. The number of aliphatic carboxylic acids is 1. The number of ether oxygens (including phenoxy) is 1. The number of carboxylic acid groups (broad SMARTS) is 1. The number of hydrogen-bond acceptors (Lipinski definition) is 3. The Hall–Kier alpha value is -1.10. The van der Waals surface area contributed by atoms with E-state index in [9.17, 15) is 9.59 Å². The van der Waals surface area contributed by atoms with Crippen LogP contribution in [0.15, 0.2) is 0 Å². The van der Waals surface area contributed by atoms with E-state index in [1.165, 1.54) is 4.90 Å². The van der Waals surface area contributed by atoms with Crippen molar-refractivity contribution in [2.45, 2.75) is 50.7 Å². The molecule has 0 aromatic rings. The van der Waals surface area contributed by atoms with E-state index in [4.69, 9.17) is 9.84 Å². The van der Waals surface area contributed by atoms with Gasteiger partial charge in [-0.05, 0) is 32.1 Å². The first-order chi connectivity index (χ1) is 8.16. The van der Waals surface area contributed by atoms with Gasteiger partial charge < -0.3 is 14.7 Å². The van der Waals surface area contributed by atoms with Gasteiger partial charge in [0.15, 0.2) is 0 Å². The maximum Gasteiger partial charge on any atom is 0.323 e. The van der Waals surface area contributed by atoms with E-state index in [1.54, 1.807) is 0 Å². The molecule has 2 fully saturated rings. The van der Waals surface area contributed by atoms with Crippen molar-refractivity contribution in [2.75, 3.05) is 13.2 Å². The van der Waals surface area contributed by atoms with Gasteiger partial charge >= 0.3 is 5.97 Å². The molecule has 1 saturated heterocycles. The maximum absolute atomic E-state index is 12.0. The maximum atomic E-state index is 12.0. The van der Waals surface area contributed by atoms with Gasteiger partial charge in [-0.1, -0.05) is 0 Å². The molecule has 0 spiro atoms. The van der Waals surface area contributed by atoms with Gasteiger partial charge in [-0.25, -0.2) is 0 Å². The van der Waals surface area contributed by atoms with Crippen LogP contribution >= 0.6 is 0 Å². The zero-order valence-corrected chi connectivity index (χ0v) is 9.93. The van der Waals surface area contributed by atoms with E-state index in [-0.39, 0.29) is 24.6 Å². The van der Waals surface area contributed by atoms with Gasteiger partial charge in [0, 0.05) is 12.6 Å². The van der Waals surface area contributed by atoms with Crippen LogP contribution in [0.2, 0.25) is 0 Å². The van der Waals surface area contributed by atoms with E-state index in [2.05, 4.69) is 0 Å². The molecule has 1 N–H and O–H groups in total. The molecular weight excluding hydrogens is 222 g/mol. The van der Waals surface area contributed by atoms with Gasteiger partial charge in [0.2, 0.25) is 5.91 Å². The van der Waals surface area contributed by atoms with Gasteiger partial charge in [0.1, 0.15) is 6.54 Å². The fourth-order valence-corrected chi connectivity index (χ4v) is 2.23. The van der Waals surface area contributed by atoms with Gasteiger partial charge in [-0.2, -0.15) is 0 Å². The fraction of sp³-hybridized carbons (Fsp3) is 0.833. The highest BCUT2D eigenvalue weighted by molar-refractivity contribution is 5.82. The molecule has 17 heavy (non-hydrogen) atoms. The topological polar surface area (TPSA) is 66.8 Å². The number of carboxylic acids is 1. The third-order valence-corrected chi connectivity index (χ3v) is 3.29. The fourth-order valence-electron chi connectivity index (χ4n) is 2.23. The number of nitrogens with zero attached hydrogens (tertiary/aromatic N) is 1. The van der Waals surface area contributed by atoms with Crippen LogP contribution < -0.4 is 0 Å². The number of hydrogen-bond donors (Lipinski definition) is 1. The number of carbonyl (C=O) groups is 2. The first-order valence-corrected chi connectivity index (χ1v) is 6.29. The first kappa shape index (κ1) is 12.4. The molecule has 1 unspecified atom stereocenters. The molecule has 1 atom stereocenters. The minimum absolute atomic E-state index is 0.00806. The molecule has 0 aromatic heterocycles. The Kier molecular flexibility index (Phi) is 3.99. The largest absolute Gasteiger partial charge is 0.480 e. The second-order valence-corrected chi connectivity index (χ2v) is 4.84. The summed E-state index contributed by atoms with van der Waals surface area (Å²) in [7, 11) is 0. The second-order valence-electron chi connectivity index (χ2n) is 4.84. The summed E-state index contributed by atoms with van der Waals surface area (Å²) >= 11 is 0. The van der Waals surface area contributed by atoms with Crippen molar-refractivity contribution in [1.29, 1.82) is 0 Å². The Morgan fingerprint density at radius 2 is 2.00 bits per heavy atom. The second kappa shape index (κ2) is 5.49. The molecule has 1 aliphatic carbocycles. The lowest BCUT2D eigenvalue weighted by atomic mass is 10.1. The van der Waals surface area contributed by atoms with Crippen molar-refractivity contribution in [3.05, 3.63) is 0 Å². The van der Waals surface area contributed by atoms with Gasteiger partial charge in [0.25, 0.3) is 0 Å². The molecule has 0 radical (unpaired) electrons. The third kappa shape index (κ3) is 3.70. The highest BCUT2D eigenvalue weighted by atomic mass is 16.5. The highest BCUT2D eigenvalue weighted by Crippen LogP contribution is 2.28. The summed E-state index contributed by atoms with van der Waals surface area (Å²) in [5, 5.41) is 8.79. The zero-order chi connectivity index (χ0) is 12.3. The molecule has 96 valence electrons. The summed E-state index contributed by atoms with van der Waals surface area (Å²) in [5.41, 5.74) is 0. The van der Waals surface area contributed by atoms with Gasteiger partial charge in [-0.15, -0.1) is 0 Å². The molecule has 0 bridgehead atoms. The quantitative estimate of drug-likeness (QED) is 0.780. The van der Waals surface area contributed by atoms with Crippen molar-refractivity contribution in [3.63, 3.8) is 0 Å². The molecule has 2 rings (SSSR count). The standard InChI is InChI=1S/C12H19NO4/c14-11(7-10-3-1-2-6-17-10)13(8-12(15)16)9-4-5-9/h9-10H,1-8H2,(H,15,16). The van der Waals surface area contributed by atoms with Crippen molar-refractivity contribution < 1.29 is 19.4 Å². The van der Waals surface area contributed by atoms with Crippen LogP contribution in [0, 0.1) is 0 Å². The summed E-state index contributed by atoms with van der Waals surface area (Å²) in [6, 6.07) is 0.155. The average molecular weight is 241 g/mol. The summed E-state index contributed by atoms with van der Waals surface area (Å²) < 4.78 is 5.51. The molecule has 1 saturated carbocycles.